The van der Waals surface area contributed by atoms with Crippen LogP contribution >= 0.6 is 0 Å². The highest BCUT2D eigenvalue weighted by atomic mass is 15.0. The van der Waals surface area contributed by atoms with Crippen LogP contribution in [0.2, 0.25) is 0 Å². The molecule has 152 valence electrons. The van der Waals surface area contributed by atoms with Gasteiger partial charge < -0.3 is 4.57 Å². The van der Waals surface area contributed by atoms with Gasteiger partial charge in [0.2, 0.25) is 0 Å². The zero-order chi connectivity index (χ0) is 21.4. The summed E-state index contributed by atoms with van der Waals surface area (Å²) in [5.41, 5.74) is 8.00. The summed E-state index contributed by atoms with van der Waals surface area (Å²) in [6, 6.07) is 37.8. The van der Waals surface area contributed by atoms with Crippen LogP contribution in [0.4, 0.5) is 0 Å². The number of hydrogen-bond acceptors (Lipinski definition) is 0. The van der Waals surface area contributed by atoms with Crippen LogP contribution in [0.5, 0.6) is 0 Å². The van der Waals surface area contributed by atoms with E-state index in [2.05, 4.69) is 122 Å². The fraction of sp³-hybridized carbons (Fsp3) is 0.0968. The molecule has 0 atom stereocenters. The molecule has 1 aromatic heterocycles. The molecule has 0 unspecified atom stereocenters. The molecule has 7 rings (SSSR count). The molecule has 6 aromatic rings. The Morgan fingerprint density at radius 3 is 2.06 bits per heavy atom. The number of rotatable bonds is 1. The lowest BCUT2D eigenvalue weighted by Gasteiger charge is -2.23. The number of hydrogen-bond donors (Lipinski definition) is 0. The molecule has 0 saturated heterocycles. The second kappa shape index (κ2) is 6.11. The van der Waals surface area contributed by atoms with Gasteiger partial charge >= 0.3 is 0 Å². The molecule has 1 nitrogen and oxygen atoms in total. The smallest absolute Gasteiger partial charge is 0.0585 e. The van der Waals surface area contributed by atoms with Crippen LogP contribution in [-0.2, 0) is 5.41 Å². The van der Waals surface area contributed by atoms with E-state index in [0.29, 0.717) is 0 Å². The van der Waals surface area contributed by atoms with Gasteiger partial charge in [-0.05, 0) is 50.9 Å². The fourth-order valence-corrected chi connectivity index (χ4v) is 5.98. The van der Waals surface area contributed by atoms with Crippen molar-refractivity contribution in [2.75, 3.05) is 0 Å². The normalized spacial score (nSPS) is 14.2. The molecular weight excluding hydrogens is 386 g/mol. The van der Waals surface area contributed by atoms with Crippen molar-refractivity contribution in [1.82, 2.24) is 4.57 Å². The first kappa shape index (κ1) is 17.8. The molecule has 1 aliphatic carbocycles. The highest BCUT2D eigenvalue weighted by Gasteiger charge is 2.41. The van der Waals surface area contributed by atoms with Crippen molar-refractivity contribution in [3.8, 4) is 16.9 Å². The Morgan fingerprint density at radius 2 is 1.22 bits per heavy atom. The third-order valence-electron chi connectivity index (χ3n) is 7.30. The van der Waals surface area contributed by atoms with E-state index in [1.807, 2.05) is 0 Å². The monoisotopic (exact) mass is 409 g/mol. The number of aromatic nitrogens is 1. The van der Waals surface area contributed by atoms with Crippen LogP contribution in [0.3, 0.4) is 0 Å². The van der Waals surface area contributed by atoms with E-state index in [4.69, 9.17) is 0 Å². The first-order chi connectivity index (χ1) is 15.6. The Labute approximate surface area is 187 Å². The van der Waals surface area contributed by atoms with E-state index in [1.54, 1.807) is 0 Å². The van der Waals surface area contributed by atoms with Gasteiger partial charge in [0.15, 0.2) is 0 Å². The highest BCUT2D eigenvalue weighted by molar-refractivity contribution is 6.04. The van der Waals surface area contributed by atoms with Gasteiger partial charge in [-0.2, -0.15) is 0 Å². The van der Waals surface area contributed by atoms with Gasteiger partial charge in [-0.15, -0.1) is 0 Å². The van der Waals surface area contributed by atoms with Crippen molar-refractivity contribution in [3.63, 3.8) is 0 Å². The van der Waals surface area contributed by atoms with E-state index in [9.17, 15) is 0 Å². The predicted octanol–water partition coefficient (Wildman–Crippen LogP) is 8.24. The molecule has 0 fully saturated rings. The number of benzene rings is 5. The standard InChI is InChI=1S/C31H23N/c1-31(2)28-24-12-6-5-10-21(24)16-18-26(28)30-29(31)25-13-7-8-14-27(25)32(30)23-17-15-20-9-3-4-11-22(20)19-23/h3-19H,1-2H3. The average molecular weight is 410 g/mol. The summed E-state index contributed by atoms with van der Waals surface area (Å²) in [5.74, 6) is 0. The van der Waals surface area contributed by atoms with Crippen molar-refractivity contribution < 1.29 is 0 Å². The molecule has 0 bridgehead atoms. The SMILES string of the molecule is CC1(C)c2c(ccc3ccccc23)-c2c1c1ccccc1n2-c1ccc2ccccc2c1. The third-order valence-corrected chi connectivity index (χ3v) is 7.30. The molecule has 1 heterocycles. The minimum atomic E-state index is -0.0762. The summed E-state index contributed by atoms with van der Waals surface area (Å²) in [6.07, 6.45) is 0. The Kier molecular flexibility index (Phi) is 3.40. The highest BCUT2D eigenvalue weighted by Crippen LogP contribution is 2.55. The second-order valence-electron chi connectivity index (χ2n) is 9.44. The van der Waals surface area contributed by atoms with E-state index in [-0.39, 0.29) is 5.41 Å². The van der Waals surface area contributed by atoms with E-state index in [0.717, 1.165) is 0 Å². The predicted molar refractivity (Wildman–Crippen MR) is 136 cm³/mol. The molecule has 32 heavy (non-hydrogen) atoms. The summed E-state index contributed by atoms with van der Waals surface area (Å²) in [4.78, 5) is 0. The molecule has 0 saturated carbocycles. The molecule has 0 N–H and O–H groups in total. The van der Waals surface area contributed by atoms with Crippen LogP contribution in [0.15, 0.2) is 103 Å². The van der Waals surface area contributed by atoms with Crippen LogP contribution in [-0.4, -0.2) is 4.57 Å². The summed E-state index contributed by atoms with van der Waals surface area (Å²) in [7, 11) is 0. The van der Waals surface area contributed by atoms with Gasteiger partial charge in [0.05, 0.1) is 11.2 Å². The Bertz CT molecular complexity index is 1700. The lowest BCUT2D eigenvalue weighted by atomic mass is 9.79. The van der Waals surface area contributed by atoms with Crippen LogP contribution in [0, 0.1) is 0 Å². The maximum absolute atomic E-state index is 2.49. The molecule has 1 heteroatoms. The van der Waals surface area contributed by atoms with Crippen LogP contribution < -0.4 is 0 Å². The zero-order valence-corrected chi connectivity index (χ0v) is 18.3. The first-order valence-corrected chi connectivity index (χ1v) is 11.3. The lowest BCUT2D eigenvalue weighted by molar-refractivity contribution is 0.672. The first-order valence-electron chi connectivity index (χ1n) is 11.3. The van der Waals surface area contributed by atoms with E-state index >= 15 is 0 Å². The van der Waals surface area contributed by atoms with Gasteiger partial charge in [0, 0.05) is 22.1 Å². The van der Waals surface area contributed by atoms with Gasteiger partial charge in [-0.1, -0.05) is 98.8 Å². The molecule has 0 aliphatic heterocycles. The fourth-order valence-electron chi connectivity index (χ4n) is 5.98. The maximum atomic E-state index is 2.49. The number of fused-ring (bicyclic) bond motifs is 8. The number of nitrogens with zero attached hydrogens (tertiary/aromatic N) is 1. The summed E-state index contributed by atoms with van der Waals surface area (Å²) >= 11 is 0. The van der Waals surface area contributed by atoms with Crippen molar-refractivity contribution >= 4 is 32.4 Å². The summed E-state index contributed by atoms with van der Waals surface area (Å²) in [5, 5.41) is 6.57. The molecule has 1 aliphatic rings. The van der Waals surface area contributed by atoms with Crippen LogP contribution in [0.25, 0.3) is 49.4 Å². The Morgan fingerprint density at radius 1 is 0.562 bits per heavy atom. The van der Waals surface area contributed by atoms with Gasteiger partial charge in [0.1, 0.15) is 0 Å². The quantitative estimate of drug-likeness (QED) is 0.258. The van der Waals surface area contributed by atoms with Crippen LogP contribution in [0.1, 0.15) is 25.0 Å². The minimum absolute atomic E-state index is 0.0762. The summed E-state index contributed by atoms with van der Waals surface area (Å²) < 4.78 is 2.49. The van der Waals surface area contributed by atoms with Gasteiger partial charge in [-0.25, -0.2) is 0 Å². The topological polar surface area (TPSA) is 4.93 Å². The second-order valence-corrected chi connectivity index (χ2v) is 9.44. The molecule has 5 aromatic carbocycles. The minimum Gasteiger partial charge on any atom is -0.309 e. The maximum Gasteiger partial charge on any atom is 0.0585 e. The molecule has 0 amide bonds. The number of para-hydroxylation sites is 1. The molecule has 0 radical (unpaired) electrons. The van der Waals surface area contributed by atoms with Crippen molar-refractivity contribution in [2.45, 2.75) is 19.3 Å². The molecular formula is C31H23N. The van der Waals surface area contributed by atoms with E-state index in [1.165, 1.54) is 60.5 Å². The van der Waals surface area contributed by atoms with E-state index < -0.39 is 0 Å². The molecule has 0 spiro atoms. The van der Waals surface area contributed by atoms with Crippen molar-refractivity contribution in [1.29, 1.82) is 0 Å². The van der Waals surface area contributed by atoms with Gasteiger partial charge in [-0.3, -0.25) is 0 Å². The van der Waals surface area contributed by atoms with Crippen molar-refractivity contribution in [2.24, 2.45) is 0 Å². The zero-order valence-electron chi connectivity index (χ0n) is 18.3. The third kappa shape index (κ3) is 2.18. The average Bonchev–Trinajstić information content (AvgIpc) is 3.30. The lowest BCUT2D eigenvalue weighted by Crippen LogP contribution is -2.15. The van der Waals surface area contributed by atoms with Crippen molar-refractivity contribution in [3.05, 3.63) is 114 Å². The Balaban J connectivity index is 1.65. The largest absolute Gasteiger partial charge is 0.309 e. The summed E-state index contributed by atoms with van der Waals surface area (Å²) in [6.45, 7) is 4.78. The Hall–Kier alpha value is -3.84. The van der Waals surface area contributed by atoms with Gasteiger partial charge in [0.25, 0.3) is 0 Å².